The lowest BCUT2D eigenvalue weighted by Crippen LogP contribution is -2.51. The van der Waals surface area contributed by atoms with E-state index in [2.05, 4.69) is 15.3 Å². The van der Waals surface area contributed by atoms with Crippen molar-refractivity contribution < 1.29 is 4.79 Å². The largest absolute Gasteiger partial charge is 0.368 e. The van der Waals surface area contributed by atoms with Gasteiger partial charge >= 0.3 is 0 Å². The minimum absolute atomic E-state index is 0.440. The molecule has 0 saturated heterocycles. The van der Waals surface area contributed by atoms with Crippen LogP contribution in [-0.2, 0) is 10.3 Å². The van der Waals surface area contributed by atoms with Gasteiger partial charge in [0.1, 0.15) is 5.54 Å². The molecule has 1 heterocycles. The minimum Gasteiger partial charge on any atom is -0.368 e. The lowest BCUT2D eigenvalue weighted by Gasteiger charge is -2.27. The Kier molecular flexibility index (Phi) is 3.95. The number of amides is 1. The number of nitrogens with one attached hydrogen (secondary N) is 1. The van der Waals surface area contributed by atoms with E-state index >= 15 is 0 Å². The molecule has 3 N–H and O–H groups in total. The third kappa shape index (κ3) is 2.36. The zero-order chi connectivity index (χ0) is 12.2. The van der Waals surface area contributed by atoms with Gasteiger partial charge in [0, 0.05) is 12.4 Å². The number of primary amides is 1. The third-order valence-electron chi connectivity index (χ3n) is 2.58. The van der Waals surface area contributed by atoms with E-state index in [0.717, 1.165) is 6.42 Å². The van der Waals surface area contributed by atoms with Gasteiger partial charge in [-0.2, -0.15) is 0 Å². The zero-order valence-corrected chi connectivity index (χ0v) is 9.95. The summed E-state index contributed by atoms with van der Waals surface area (Å²) in [5.41, 5.74) is 5.80. The summed E-state index contributed by atoms with van der Waals surface area (Å²) in [6, 6.07) is 0. The molecule has 1 atom stereocenters. The summed E-state index contributed by atoms with van der Waals surface area (Å²) < 4.78 is 0. The second-order valence-electron chi connectivity index (χ2n) is 3.91. The van der Waals surface area contributed by atoms with Crippen molar-refractivity contribution in [2.24, 2.45) is 5.73 Å². The summed E-state index contributed by atoms with van der Waals surface area (Å²) in [7, 11) is 0. The number of rotatable bonds is 5. The van der Waals surface area contributed by atoms with Gasteiger partial charge in [-0.05, 0) is 26.8 Å². The average molecular weight is 222 g/mol. The lowest BCUT2D eigenvalue weighted by molar-refractivity contribution is -0.124. The van der Waals surface area contributed by atoms with Gasteiger partial charge in [-0.1, -0.05) is 6.92 Å². The van der Waals surface area contributed by atoms with Crippen LogP contribution in [0, 0.1) is 6.92 Å². The van der Waals surface area contributed by atoms with Crippen molar-refractivity contribution in [2.45, 2.75) is 32.7 Å². The third-order valence-corrected chi connectivity index (χ3v) is 2.58. The van der Waals surface area contributed by atoms with E-state index in [1.807, 2.05) is 13.8 Å². The van der Waals surface area contributed by atoms with E-state index in [9.17, 15) is 4.79 Å². The Morgan fingerprint density at radius 1 is 1.50 bits per heavy atom. The van der Waals surface area contributed by atoms with Crippen molar-refractivity contribution in [1.82, 2.24) is 15.3 Å². The molecule has 0 aromatic carbocycles. The fraction of sp³-hybridized carbons (Fsp3) is 0.545. The van der Waals surface area contributed by atoms with Crippen molar-refractivity contribution in [3.63, 3.8) is 0 Å². The van der Waals surface area contributed by atoms with Crippen LogP contribution in [0.25, 0.3) is 0 Å². The number of hydrogen-bond acceptors (Lipinski definition) is 4. The topological polar surface area (TPSA) is 80.9 Å². The van der Waals surface area contributed by atoms with Gasteiger partial charge in [0.15, 0.2) is 0 Å². The second kappa shape index (κ2) is 5.03. The molecule has 0 spiro atoms. The molecule has 0 radical (unpaired) electrons. The van der Waals surface area contributed by atoms with E-state index in [1.165, 1.54) is 0 Å². The van der Waals surface area contributed by atoms with Gasteiger partial charge in [-0.3, -0.25) is 20.1 Å². The van der Waals surface area contributed by atoms with Gasteiger partial charge in [0.25, 0.3) is 0 Å². The first kappa shape index (κ1) is 12.6. The molecule has 0 aliphatic rings. The number of aromatic nitrogens is 2. The summed E-state index contributed by atoms with van der Waals surface area (Å²) in [6.07, 6.45) is 4.08. The molecule has 0 saturated carbocycles. The fourth-order valence-corrected chi connectivity index (χ4v) is 1.56. The standard InChI is InChI=1S/C11H18N4O/c1-4-5-15-11(3,10(12)16)9-8(2)13-6-7-14-9/h6-7,15H,4-5H2,1-3H3,(H2,12,16). The first-order valence-corrected chi connectivity index (χ1v) is 5.35. The molecule has 1 unspecified atom stereocenters. The molecule has 1 amide bonds. The molecule has 1 aromatic rings. The van der Waals surface area contributed by atoms with Crippen molar-refractivity contribution >= 4 is 5.91 Å². The van der Waals surface area contributed by atoms with Crippen LogP contribution in [0.15, 0.2) is 12.4 Å². The smallest absolute Gasteiger partial charge is 0.243 e. The molecule has 5 nitrogen and oxygen atoms in total. The van der Waals surface area contributed by atoms with Crippen LogP contribution in [0.3, 0.4) is 0 Å². The molecule has 5 heteroatoms. The van der Waals surface area contributed by atoms with E-state index in [0.29, 0.717) is 17.9 Å². The van der Waals surface area contributed by atoms with Crippen LogP contribution in [-0.4, -0.2) is 22.4 Å². The molecular weight excluding hydrogens is 204 g/mol. The van der Waals surface area contributed by atoms with Crippen LogP contribution in [0.4, 0.5) is 0 Å². The van der Waals surface area contributed by atoms with Crippen LogP contribution >= 0.6 is 0 Å². The first-order chi connectivity index (χ1) is 7.52. The molecule has 16 heavy (non-hydrogen) atoms. The Bertz CT molecular complexity index is 380. The van der Waals surface area contributed by atoms with Gasteiger partial charge < -0.3 is 5.73 Å². The maximum Gasteiger partial charge on any atom is 0.243 e. The Morgan fingerprint density at radius 2 is 2.12 bits per heavy atom. The van der Waals surface area contributed by atoms with Crippen LogP contribution < -0.4 is 11.1 Å². The summed E-state index contributed by atoms with van der Waals surface area (Å²) in [5, 5.41) is 3.13. The summed E-state index contributed by atoms with van der Waals surface area (Å²) in [6.45, 7) is 6.28. The molecule has 88 valence electrons. The highest BCUT2D eigenvalue weighted by molar-refractivity contribution is 5.85. The van der Waals surface area contributed by atoms with Crippen molar-refractivity contribution in [3.05, 3.63) is 23.8 Å². The molecule has 1 rings (SSSR count). The summed E-state index contributed by atoms with van der Waals surface area (Å²) in [4.78, 5) is 19.9. The fourth-order valence-electron chi connectivity index (χ4n) is 1.56. The highest BCUT2D eigenvalue weighted by Gasteiger charge is 2.35. The zero-order valence-electron chi connectivity index (χ0n) is 9.95. The SMILES string of the molecule is CCCNC(C)(C(N)=O)c1nccnc1C. The predicted octanol–water partition coefficient (Wildman–Crippen LogP) is 0.485. The number of carbonyl (C=O) groups is 1. The van der Waals surface area contributed by atoms with Crippen LogP contribution in [0.1, 0.15) is 31.7 Å². The van der Waals surface area contributed by atoms with E-state index in [-0.39, 0.29) is 0 Å². The quantitative estimate of drug-likeness (QED) is 0.759. The van der Waals surface area contributed by atoms with E-state index in [1.54, 1.807) is 19.3 Å². The Labute approximate surface area is 95.5 Å². The molecule has 0 fully saturated rings. The number of nitrogens with zero attached hydrogens (tertiary/aromatic N) is 2. The predicted molar refractivity (Wildman–Crippen MR) is 61.6 cm³/mol. The number of aryl methyl sites for hydroxylation is 1. The average Bonchev–Trinajstić information content (AvgIpc) is 2.26. The number of nitrogens with two attached hydrogens (primary N) is 1. The highest BCUT2D eigenvalue weighted by Crippen LogP contribution is 2.20. The first-order valence-electron chi connectivity index (χ1n) is 5.35. The summed E-state index contributed by atoms with van der Waals surface area (Å²) >= 11 is 0. The van der Waals surface area contributed by atoms with E-state index in [4.69, 9.17) is 5.73 Å². The molecule has 1 aromatic heterocycles. The molecule has 0 aliphatic carbocycles. The summed E-state index contributed by atoms with van der Waals surface area (Å²) in [5.74, 6) is -0.440. The maximum absolute atomic E-state index is 11.6. The molecular formula is C11H18N4O. The maximum atomic E-state index is 11.6. The van der Waals surface area contributed by atoms with Crippen LogP contribution in [0.5, 0.6) is 0 Å². The van der Waals surface area contributed by atoms with Crippen LogP contribution in [0.2, 0.25) is 0 Å². The second-order valence-corrected chi connectivity index (χ2v) is 3.91. The Balaban J connectivity index is 3.11. The van der Waals surface area contributed by atoms with Gasteiger partial charge in [-0.15, -0.1) is 0 Å². The van der Waals surface area contributed by atoms with Gasteiger partial charge in [0.05, 0.1) is 11.4 Å². The Hall–Kier alpha value is -1.49. The molecule has 0 aliphatic heterocycles. The van der Waals surface area contributed by atoms with E-state index < -0.39 is 11.4 Å². The monoisotopic (exact) mass is 222 g/mol. The van der Waals surface area contributed by atoms with Gasteiger partial charge in [0.2, 0.25) is 5.91 Å². The normalized spacial score (nSPS) is 14.4. The minimum atomic E-state index is -0.950. The highest BCUT2D eigenvalue weighted by atomic mass is 16.1. The molecule has 0 bridgehead atoms. The van der Waals surface area contributed by atoms with Crippen molar-refractivity contribution in [3.8, 4) is 0 Å². The Morgan fingerprint density at radius 3 is 2.62 bits per heavy atom. The number of hydrogen-bond donors (Lipinski definition) is 2. The van der Waals surface area contributed by atoms with Gasteiger partial charge in [-0.25, -0.2) is 0 Å². The lowest BCUT2D eigenvalue weighted by atomic mass is 9.94. The number of carbonyl (C=O) groups excluding carboxylic acids is 1. The van der Waals surface area contributed by atoms with Crippen molar-refractivity contribution in [2.75, 3.05) is 6.54 Å². The van der Waals surface area contributed by atoms with Crippen molar-refractivity contribution in [1.29, 1.82) is 0 Å².